The Hall–Kier alpha value is -1.42. The van der Waals surface area contributed by atoms with Crippen molar-refractivity contribution in [1.82, 2.24) is 10.2 Å². The standard InChI is InChI=1S/C15H21FN2O/c16-14-7-3-2-6-13(14)8-9-17-15(19)12-18-10-4-1-5-11-18/h2-3,6-7H,1,4-5,8-12H2,(H,17,19). The van der Waals surface area contributed by atoms with Crippen molar-refractivity contribution >= 4 is 5.91 Å². The second-order valence-electron chi connectivity index (χ2n) is 5.03. The van der Waals surface area contributed by atoms with Gasteiger partial charge in [-0.1, -0.05) is 24.6 Å². The second-order valence-corrected chi connectivity index (χ2v) is 5.03. The molecule has 0 spiro atoms. The maximum Gasteiger partial charge on any atom is 0.234 e. The molecule has 104 valence electrons. The van der Waals surface area contributed by atoms with E-state index in [0.717, 1.165) is 13.1 Å². The number of hydrogen-bond donors (Lipinski definition) is 1. The number of halogens is 1. The molecule has 1 aromatic carbocycles. The van der Waals surface area contributed by atoms with Gasteiger partial charge in [0.1, 0.15) is 5.82 Å². The van der Waals surface area contributed by atoms with E-state index in [1.54, 1.807) is 12.1 Å². The zero-order chi connectivity index (χ0) is 13.5. The molecular formula is C15H21FN2O. The number of carbonyl (C=O) groups excluding carboxylic acids is 1. The van der Waals surface area contributed by atoms with Gasteiger partial charge < -0.3 is 5.32 Å². The van der Waals surface area contributed by atoms with E-state index in [9.17, 15) is 9.18 Å². The minimum Gasteiger partial charge on any atom is -0.355 e. The second kappa shape index (κ2) is 7.24. The fourth-order valence-corrected chi connectivity index (χ4v) is 2.41. The van der Waals surface area contributed by atoms with Crippen LogP contribution in [0.1, 0.15) is 24.8 Å². The quantitative estimate of drug-likeness (QED) is 0.882. The number of nitrogens with zero attached hydrogens (tertiary/aromatic N) is 1. The Labute approximate surface area is 113 Å². The van der Waals surface area contributed by atoms with Crippen LogP contribution in [0.25, 0.3) is 0 Å². The molecular weight excluding hydrogens is 243 g/mol. The first-order valence-corrected chi connectivity index (χ1v) is 6.98. The summed E-state index contributed by atoms with van der Waals surface area (Å²) in [6.07, 6.45) is 4.18. The summed E-state index contributed by atoms with van der Waals surface area (Å²) >= 11 is 0. The van der Waals surface area contributed by atoms with E-state index >= 15 is 0 Å². The minimum absolute atomic E-state index is 0.0400. The highest BCUT2D eigenvalue weighted by molar-refractivity contribution is 5.78. The summed E-state index contributed by atoms with van der Waals surface area (Å²) in [5, 5.41) is 2.86. The molecule has 1 saturated heterocycles. The highest BCUT2D eigenvalue weighted by atomic mass is 19.1. The van der Waals surface area contributed by atoms with Crippen LogP contribution in [0, 0.1) is 5.82 Å². The van der Waals surface area contributed by atoms with Crippen LogP contribution in [0.2, 0.25) is 0 Å². The van der Waals surface area contributed by atoms with Crippen molar-refractivity contribution in [3.63, 3.8) is 0 Å². The Balaban J connectivity index is 1.67. The highest BCUT2D eigenvalue weighted by Gasteiger charge is 2.13. The Morgan fingerprint density at radius 3 is 2.68 bits per heavy atom. The fraction of sp³-hybridized carbons (Fsp3) is 0.533. The van der Waals surface area contributed by atoms with Crippen LogP contribution < -0.4 is 5.32 Å². The molecule has 3 nitrogen and oxygen atoms in total. The minimum atomic E-state index is -0.201. The number of carbonyl (C=O) groups is 1. The number of rotatable bonds is 5. The van der Waals surface area contributed by atoms with E-state index in [1.807, 2.05) is 6.07 Å². The van der Waals surface area contributed by atoms with E-state index < -0.39 is 0 Å². The molecule has 1 aliphatic heterocycles. The maximum atomic E-state index is 13.4. The molecule has 0 aromatic heterocycles. The van der Waals surface area contributed by atoms with Gasteiger partial charge in [-0.05, 0) is 44.0 Å². The maximum absolute atomic E-state index is 13.4. The van der Waals surface area contributed by atoms with Crippen LogP contribution in [-0.2, 0) is 11.2 Å². The van der Waals surface area contributed by atoms with Crippen LogP contribution in [0.15, 0.2) is 24.3 Å². The predicted molar refractivity (Wildman–Crippen MR) is 73.4 cm³/mol. The SMILES string of the molecule is O=C(CN1CCCCC1)NCCc1ccccc1F. The Morgan fingerprint density at radius 1 is 1.21 bits per heavy atom. The molecule has 0 radical (unpaired) electrons. The van der Waals surface area contributed by atoms with Crippen LogP contribution in [0.4, 0.5) is 4.39 Å². The van der Waals surface area contributed by atoms with Crippen LogP contribution >= 0.6 is 0 Å². The monoisotopic (exact) mass is 264 g/mol. The zero-order valence-electron chi connectivity index (χ0n) is 11.2. The average molecular weight is 264 g/mol. The molecule has 0 saturated carbocycles. The number of likely N-dealkylation sites (tertiary alicyclic amines) is 1. The predicted octanol–water partition coefficient (Wildman–Crippen LogP) is 1.97. The van der Waals surface area contributed by atoms with Crippen molar-refractivity contribution in [2.75, 3.05) is 26.2 Å². The molecule has 1 N–H and O–H groups in total. The molecule has 0 unspecified atom stereocenters. The largest absolute Gasteiger partial charge is 0.355 e. The lowest BCUT2D eigenvalue weighted by atomic mass is 10.1. The van der Waals surface area contributed by atoms with Gasteiger partial charge in [-0.25, -0.2) is 4.39 Å². The summed E-state index contributed by atoms with van der Waals surface area (Å²) in [7, 11) is 0. The molecule has 1 amide bonds. The topological polar surface area (TPSA) is 32.3 Å². The molecule has 2 rings (SSSR count). The van der Waals surface area contributed by atoms with Crippen molar-refractivity contribution in [3.8, 4) is 0 Å². The average Bonchev–Trinajstić information content (AvgIpc) is 2.42. The van der Waals surface area contributed by atoms with Crippen LogP contribution in [0.5, 0.6) is 0 Å². The van der Waals surface area contributed by atoms with Gasteiger partial charge in [-0.15, -0.1) is 0 Å². The first kappa shape index (κ1) is 14.0. The van der Waals surface area contributed by atoms with E-state index in [2.05, 4.69) is 10.2 Å². The number of amides is 1. The molecule has 0 bridgehead atoms. The van der Waals surface area contributed by atoms with Crippen LogP contribution in [0.3, 0.4) is 0 Å². The number of benzene rings is 1. The van der Waals surface area contributed by atoms with Crippen LogP contribution in [-0.4, -0.2) is 37.0 Å². The molecule has 1 heterocycles. The van der Waals surface area contributed by atoms with E-state index in [-0.39, 0.29) is 11.7 Å². The number of hydrogen-bond acceptors (Lipinski definition) is 2. The lowest BCUT2D eigenvalue weighted by Gasteiger charge is -2.25. The Bertz CT molecular complexity index is 416. The van der Waals surface area contributed by atoms with Gasteiger partial charge in [0.05, 0.1) is 6.54 Å². The molecule has 1 aromatic rings. The normalized spacial score (nSPS) is 16.3. The van der Waals surface area contributed by atoms with Crippen molar-refractivity contribution in [1.29, 1.82) is 0 Å². The zero-order valence-corrected chi connectivity index (χ0v) is 11.2. The molecule has 4 heteroatoms. The van der Waals surface area contributed by atoms with Crippen molar-refractivity contribution < 1.29 is 9.18 Å². The summed E-state index contributed by atoms with van der Waals surface area (Å²) in [6.45, 7) is 2.99. The van der Waals surface area contributed by atoms with Gasteiger partial charge in [0.15, 0.2) is 0 Å². The molecule has 1 aliphatic rings. The first-order valence-electron chi connectivity index (χ1n) is 6.98. The Kier molecular flexibility index (Phi) is 5.33. The highest BCUT2D eigenvalue weighted by Crippen LogP contribution is 2.08. The third-order valence-electron chi connectivity index (χ3n) is 3.49. The molecule has 0 atom stereocenters. The fourth-order valence-electron chi connectivity index (χ4n) is 2.41. The van der Waals surface area contributed by atoms with Gasteiger partial charge >= 0.3 is 0 Å². The summed E-state index contributed by atoms with van der Waals surface area (Å²) < 4.78 is 13.4. The summed E-state index contributed by atoms with van der Waals surface area (Å²) in [5.41, 5.74) is 0.653. The van der Waals surface area contributed by atoms with Gasteiger partial charge in [-0.2, -0.15) is 0 Å². The summed E-state index contributed by atoms with van der Waals surface area (Å²) in [6, 6.07) is 6.69. The summed E-state index contributed by atoms with van der Waals surface area (Å²) in [5.74, 6) is -0.161. The number of nitrogens with one attached hydrogen (secondary N) is 1. The molecule has 19 heavy (non-hydrogen) atoms. The smallest absolute Gasteiger partial charge is 0.234 e. The lowest BCUT2D eigenvalue weighted by Crippen LogP contribution is -2.40. The summed E-state index contributed by atoms with van der Waals surface area (Å²) in [4.78, 5) is 13.9. The van der Waals surface area contributed by atoms with Crippen molar-refractivity contribution in [3.05, 3.63) is 35.6 Å². The first-order chi connectivity index (χ1) is 9.25. The van der Waals surface area contributed by atoms with Gasteiger partial charge in [0.25, 0.3) is 0 Å². The van der Waals surface area contributed by atoms with E-state index in [0.29, 0.717) is 25.1 Å². The third-order valence-corrected chi connectivity index (χ3v) is 3.49. The van der Waals surface area contributed by atoms with Crippen molar-refractivity contribution in [2.24, 2.45) is 0 Å². The molecule has 1 fully saturated rings. The Morgan fingerprint density at radius 2 is 1.95 bits per heavy atom. The van der Waals surface area contributed by atoms with E-state index in [4.69, 9.17) is 0 Å². The lowest BCUT2D eigenvalue weighted by molar-refractivity contribution is -0.122. The third kappa shape index (κ3) is 4.63. The van der Waals surface area contributed by atoms with E-state index in [1.165, 1.54) is 25.3 Å². The van der Waals surface area contributed by atoms with Gasteiger partial charge in [0, 0.05) is 6.54 Å². The van der Waals surface area contributed by atoms with Gasteiger partial charge in [-0.3, -0.25) is 9.69 Å². The van der Waals surface area contributed by atoms with Gasteiger partial charge in [0.2, 0.25) is 5.91 Å². The van der Waals surface area contributed by atoms with Crippen molar-refractivity contribution in [2.45, 2.75) is 25.7 Å². The number of piperidine rings is 1. The molecule has 0 aliphatic carbocycles.